The molecule has 0 radical (unpaired) electrons. The number of aliphatic hydroxyl groups excluding tert-OH is 2. The van der Waals surface area contributed by atoms with Gasteiger partial charge in [-0.1, -0.05) is 24.3 Å². The second-order valence-corrected chi connectivity index (χ2v) is 9.57. The second kappa shape index (κ2) is 8.75. The molecule has 1 aliphatic heterocycles. The third-order valence-electron chi connectivity index (χ3n) is 7.59. The second-order valence-electron chi connectivity index (χ2n) is 9.57. The summed E-state index contributed by atoms with van der Waals surface area (Å²) in [6.07, 6.45) is -4.32. The number of hydrogen-bond acceptors (Lipinski definition) is 10. The summed E-state index contributed by atoms with van der Waals surface area (Å²) < 4.78 is 11.6. The molecule has 36 heavy (non-hydrogen) atoms. The number of carbonyl (C=O) groups is 3. The van der Waals surface area contributed by atoms with Crippen LogP contribution >= 0.6 is 0 Å². The van der Waals surface area contributed by atoms with E-state index in [0.717, 1.165) is 0 Å². The summed E-state index contributed by atoms with van der Waals surface area (Å²) in [5.41, 5.74) is -1.41. The fourth-order valence-electron chi connectivity index (χ4n) is 5.47. The number of carbonyl (C=O) groups excluding carboxylic acids is 3. The molecule has 0 aromatic heterocycles. The fraction of sp³-hybridized carbons (Fsp3) is 0.423. The standard InChI is InChI=1S/C26H27NO9/c1-11(28)26(27-2)8-14-19(17(9-26)36-18-7-15(29)16(30)10-35-18)25(34)21-20(24(14)33)22(31)12-5-3-4-6-13(12)23(21)32/h3-6,15-18,27,29-30,33-34H,7-10H2,1-2H3/t15-,16+,17-,18-,26-/m0/s1. The Labute approximate surface area is 206 Å². The lowest BCUT2D eigenvalue weighted by Crippen LogP contribution is -2.55. The molecule has 0 spiro atoms. The van der Waals surface area contributed by atoms with Gasteiger partial charge in [0.1, 0.15) is 23.4 Å². The minimum atomic E-state index is -1.21. The third kappa shape index (κ3) is 3.56. The molecular formula is C26H27NO9. The molecule has 1 fully saturated rings. The first-order chi connectivity index (χ1) is 17.1. The van der Waals surface area contributed by atoms with Crippen LogP contribution in [0, 0.1) is 0 Å². The van der Waals surface area contributed by atoms with Crippen molar-refractivity contribution >= 4 is 17.3 Å². The van der Waals surface area contributed by atoms with Gasteiger partial charge >= 0.3 is 0 Å². The van der Waals surface area contributed by atoms with Crippen LogP contribution in [0.4, 0.5) is 0 Å². The van der Waals surface area contributed by atoms with Gasteiger partial charge in [0.25, 0.3) is 0 Å². The van der Waals surface area contributed by atoms with E-state index >= 15 is 0 Å². The van der Waals surface area contributed by atoms with Crippen molar-refractivity contribution in [2.45, 2.75) is 56.3 Å². The number of ketones is 3. The van der Waals surface area contributed by atoms with Gasteiger partial charge in [-0.15, -0.1) is 0 Å². The van der Waals surface area contributed by atoms with Crippen molar-refractivity contribution in [1.82, 2.24) is 5.32 Å². The van der Waals surface area contributed by atoms with E-state index < -0.39 is 53.2 Å². The van der Waals surface area contributed by atoms with Crippen LogP contribution in [-0.2, 0) is 20.7 Å². The molecule has 1 saturated heterocycles. The molecule has 5 rings (SSSR count). The maximum Gasteiger partial charge on any atom is 0.198 e. The number of Topliss-reactive ketones (excluding diaryl/α,β-unsaturated/α-hetero) is 1. The van der Waals surface area contributed by atoms with Crippen molar-refractivity contribution in [1.29, 1.82) is 0 Å². The number of ether oxygens (including phenoxy) is 2. The van der Waals surface area contributed by atoms with Crippen LogP contribution in [0.1, 0.15) is 68.8 Å². The molecule has 0 unspecified atom stereocenters. The number of rotatable bonds is 4. The lowest BCUT2D eigenvalue weighted by molar-refractivity contribution is -0.238. The lowest BCUT2D eigenvalue weighted by atomic mass is 9.70. The molecule has 0 amide bonds. The van der Waals surface area contributed by atoms with Gasteiger partial charge in [0, 0.05) is 41.5 Å². The third-order valence-corrected chi connectivity index (χ3v) is 7.59. The van der Waals surface area contributed by atoms with Crippen LogP contribution in [-0.4, -0.2) is 75.5 Å². The molecule has 0 bridgehead atoms. The quantitative estimate of drug-likeness (QED) is 0.327. The van der Waals surface area contributed by atoms with Crippen LogP contribution in [0.3, 0.4) is 0 Å². The van der Waals surface area contributed by atoms with Gasteiger partial charge < -0.3 is 35.2 Å². The first-order valence-electron chi connectivity index (χ1n) is 11.7. The van der Waals surface area contributed by atoms with Crippen molar-refractivity contribution in [3.63, 3.8) is 0 Å². The highest BCUT2D eigenvalue weighted by Crippen LogP contribution is 2.51. The summed E-state index contributed by atoms with van der Waals surface area (Å²) in [6.45, 7) is 1.20. The zero-order chi connectivity index (χ0) is 25.9. The van der Waals surface area contributed by atoms with E-state index in [4.69, 9.17) is 9.47 Å². The van der Waals surface area contributed by atoms with Crippen LogP contribution < -0.4 is 5.32 Å². The van der Waals surface area contributed by atoms with Gasteiger partial charge in [-0.3, -0.25) is 14.4 Å². The maximum absolute atomic E-state index is 13.4. The number of nitrogens with one attached hydrogen (secondary N) is 1. The normalized spacial score (nSPS) is 29.3. The van der Waals surface area contributed by atoms with Crippen LogP contribution in [0.2, 0.25) is 0 Å². The van der Waals surface area contributed by atoms with Gasteiger partial charge in [0.2, 0.25) is 0 Å². The Morgan fingerprint density at radius 2 is 1.67 bits per heavy atom. The summed E-state index contributed by atoms with van der Waals surface area (Å²) in [7, 11) is 1.58. The molecule has 1 heterocycles. The average Bonchev–Trinajstić information content (AvgIpc) is 2.86. The minimum Gasteiger partial charge on any atom is -0.507 e. The van der Waals surface area contributed by atoms with Gasteiger partial charge in [-0.25, -0.2) is 0 Å². The molecule has 2 aromatic rings. The van der Waals surface area contributed by atoms with Gasteiger partial charge in [0.05, 0.1) is 35.5 Å². The number of aromatic hydroxyl groups is 2. The molecule has 2 aliphatic carbocycles. The van der Waals surface area contributed by atoms with Crippen LogP contribution in [0.5, 0.6) is 11.5 Å². The monoisotopic (exact) mass is 497 g/mol. The van der Waals surface area contributed by atoms with E-state index in [1.54, 1.807) is 19.2 Å². The number of hydrogen-bond donors (Lipinski definition) is 5. The maximum atomic E-state index is 13.4. The Morgan fingerprint density at radius 3 is 2.22 bits per heavy atom. The van der Waals surface area contributed by atoms with E-state index in [1.807, 2.05) is 0 Å². The summed E-state index contributed by atoms with van der Waals surface area (Å²) >= 11 is 0. The van der Waals surface area contributed by atoms with E-state index in [0.29, 0.717) is 0 Å². The number of benzene rings is 2. The van der Waals surface area contributed by atoms with Gasteiger partial charge in [-0.05, 0) is 14.0 Å². The molecule has 0 saturated carbocycles. The average molecular weight is 498 g/mol. The summed E-state index contributed by atoms with van der Waals surface area (Å²) in [4.78, 5) is 39.5. The molecular weight excluding hydrogens is 470 g/mol. The Balaban J connectivity index is 1.68. The van der Waals surface area contributed by atoms with E-state index in [1.165, 1.54) is 19.1 Å². The predicted molar refractivity (Wildman–Crippen MR) is 124 cm³/mol. The summed E-state index contributed by atoms with van der Waals surface area (Å²) in [5.74, 6) is -2.46. The predicted octanol–water partition coefficient (Wildman–Crippen LogP) is 0.892. The molecule has 10 heteroatoms. The number of phenols is 2. The van der Waals surface area contributed by atoms with E-state index in [2.05, 4.69) is 5.32 Å². The molecule has 5 atom stereocenters. The highest BCUT2D eigenvalue weighted by molar-refractivity contribution is 6.30. The molecule has 3 aliphatic rings. The first kappa shape index (κ1) is 24.5. The Morgan fingerprint density at radius 1 is 1.06 bits per heavy atom. The van der Waals surface area contributed by atoms with Crippen molar-refractivity contribution in [2.24, 2.45) is 0 Å². The highest BCUT2D eigenvalue weighted by atomic mass is 16.7. The number of fused-ring (bicyclic) bond motifs is 3. The lowest BCUT2D eigenvalue weighted by Gasteiger charge is -2.43. The van der Waals surface area contributed by atoms with Crippen molar-refractivity contribution in [3.05, 3.63) is 57.6 Å². The molecule has 2 aromatic carbocycles. The Bertz CT molecular complexity index is 1290. The number of aliphatic hydroxyl groups is 2. The number of likely N-dealkylation sites (N-methyl/N-ethyl adjacent to an activating group) is 1. The smallest absolute Gasteiger partial charge is 0.198 e. The summed E-state index contributed by atoms with van der Waals surface area (Å²) in [5, 5.41) is 45.6. The summed E-state index contributed by atoms with van der Waals surface area (Å²) in [6, 6.07) is 6.16. The van der Waals surface area contributed by atoms with E-state index in [9.17, 15) is 34.8 Å². The van der Waals surface area contributed by atoms with Crippen LogP contribution in [0.25, 0.3) is 0 Å². The van der Waals surface area contributed by atoms with E-state index in [-0.39, 0.29) is 65.0 Å². The Kier molecular flexibility index (Phi) is 5.97. The fourth-order valence-corrected chi connectivity index (χ4v) is 5.47. The Hall–Kier alpha value is -3.15. The molecule has 10 nitrogen and oxygen atoms in total. The minimum absolute atomic E-state index is 0.0227. The molecule has 190 valence electrons. The van der Waals surface area contributed by atoms with Crippen molar-refractivity contribution < 1.29 is 44.3 Å². The molecule has 5 N–H and O–H groups in total. The number of phenolic OH excluding ortho intramolecular Hbond substituents is 2. The van der Waals surface area contributed by atoms with Crippen LogP contribution in [0.15, 0.2) is 24.3 Å². The highest BCUT2D eigenvalue weighted by Gasteiger charge is 2.49. The van der Waals surface area contributed by atoms with Crippen molar-refractivity contribution in [3.8, 4) is 11.5 Å². The first-order valence-corrected chi connectivity index (χ1v) is 11.7. The zero-order valence-electron chi connectivity index (χ0n) is 19.8. The topological polar surface area (TPSA) is 163 Å². The zero-order valence-corrected chi connectivity index (χ0v) is 19.8. The largest absolute Gasteiger partial charge is 0.507 e. The van der Waals surface area contributed by atoms with Gasteiger partial charge in [-0.2, -0.15) is 0 Å². The SMILES string of the molecule is CN[C@@]1(C(C)=O)Cc2c(O)c3c(c(O)c2[C@@H](O[C@H]2C[C@H](O)[C@H](O)CO2)C1)C(=O)c1ccccc1C3=O. The van der Waals surface area contributed by atoms with Gasteiger partial charge in [0.15, 0.2) is 17.9 Å². The van der Waals surface area contributed by atoms with Crippen molar-refractivity contribution in [2.75, 3.05) is 13.7 Å².